The number of benzene rings is 1. The fraction of sp³-hybridized carbons (Fsp3) is 0.654. The van der Waals surface area contributed by atoms with E-state index in [1.54, 1.807) is 0 Å². The van der Waals surface area contributed by atoms with Crippen LogP contribution in [0.15, 0.2) is 36.9 Å². The summed E-state index contributed by atoms with van der Waals surface area (Å²) in [5, 5.41) is 18.1. The van der Waals surface area contributed by atoms with Gasteiger partial charge in [-0.25, -0.2) is 0 Å². The number of aliphatic carboxylic acids is 1. The third-order valence-electron chi connectivity index (χ3n) is 5.09. The minimum absolute atomic E-state index is 0.0730. The van der Waals surface area contributed by atoms with Gasteiger partial charge in [-0.1, -0.05) is 121 Å². The second kappa shape index (κ2) is 21.1. The van der Waals surface area contributed by atoms with E-state index >= 15 is 0 Å². The summed E-state index contributed by atoms with van der Waals surface area (Å²) in [6.45, 7) is 5.75. The Morgan fingerprint density at radius 3 is 1.76 bits per heavy atom. The molecule has 0 fully saturated rings. The quantitative estimate of drug-likeness (QED) is 0.262. The predicted molar refractivity (Wildman–Crippen MR) is 125 cm³/mol. The lowest BCUT2D eigenvalue weighted by molar-refractivity contribution is -0.137. The zero-order valence-electron chi connectivity index (χ0n) is 18.7. The van der Waals surface area contributed by atoms with Crippen LogP contribution in [0.25, 0.3) is 6.08 Å². The third-order valence-corrected chi connectivity index (χ3v) is 5.09. The molecule has 1 aromatic rings. The maximum absolute atomic E-state index is 10.3. The minimum Gasteiger partial charge on any atom is -0.481 e. The summed E-state index contributed by atoms with van der Waals surface area (Å²) in [6.07, 6.45) is 18.4. The number of hydrogen-bond acceptors (Lipinski definition) is 2. The predicted octanol–water partition coefficient (Wildman–Crippen LogP) is 7.63. The first-order valence-corrected chi connectivity index (χ1v) is 11.7. The Balaban J connectivity index is 0.000000807. The van der Waals surface area contributed by atoms with E-state index in [2.05, 4.69) is 13.5 Å². The summed E-state index contributed by atoms with van der Waals surface area (Å²) < 4.78 is 0. The monoisotopic (exact) mass is 404 g/mol. The maximum Gasteiger partial charge on any atom is 0.303 e. The van der Waals surface area contributed by atoms with E-state index in [0.29, 0.717) is 6.42 Å². The molecule has 0 heterocycles. The van der Waals surface area contributed by atoms with Crippen LogP contribution in [0.2, 0.25) is 0 Å². The highest BCUT2D eigenvalue weighted by molar-refractivity contribution is 5.66. The van der Waals surface area contributed by atoms with Gasteiger partial charge in [-0.3, -0.25) is 4.79 Å². The van der Waals surface area contributed by atoms with Crippen molar-refractivity contribution in [1.82, 2.24) is 0 Å². The molecule has 29 heavy (non-hydrogen) atoms. The van der Waals surface area contributed by atoms with Gasteiger partial charge in [-0.05, 0) is 24.8 Å². The topological polar surface area (TPSA) is 57.5 Å². The first-order chi connectivity index (χ1) is 14.1. The van der Waals surface area contributed by atoms with Crippen LogP contribution < -0.4 is 0 Å². The number of aliphatic hydroxyl groups excluding tert-OH is 1. The first-order valence-electron chi connectivity index (χ1n) is 11.7. The van der Waals surface area contributed by atoms with Crippen molar-refractivity contribution in [2.24, 2.45) is 0 Å². The zero-order chi connectivity index (χ0) is 21.6. The zero-order valence-corrected chi connectivity index (χ0v) is 18.7. The summed E-state index contributed by atoms with van der Waals surface area (Å²) in [6, 6.07) is 10.0. The maximum atomic E-state index is 10.3. The first kappa shape index (κ1) is 27.4. The third kappa shape index (κ3) is 20.9. The van der Waals surface area contributed by atoms with Crippen molar-refractivity contribution in [3.63, 3.8) is 0 Å². The van der Waals surface area contributed by atoms with Crippen LogP contribution in [0.3, 0.4) is 0 Å². The van der Waals surface area contributed by atoms with Crippen molar-refractivity contribution in [3.05, 3.63) is 42.5 Å². The molecular formula is C26H44O3. The summed E-state index contributed by atoms with van der Waals surface area (Å²) in [5.41, 5.74) is 1.17. The average Bonchev–Trinajstić information content (AvgIpc) is 2.72. The fourth-order valence-corrected chi connectivity index (χ4v) is 3.31. The van der Waals surface area contributed by atoms with E-state index in [1.165, 1.54) is 63.4 Å². The Morgan fingerprint density at radius 1 is 0.862 bits per heavy atom. The Labute approximate surface area is 179 Å². The minimum atomic E-state index is -0.669. The summed E-state index contributed by atoms with van der Waals surface area (Å²) in [7, 11) is 0. The molecule has 0 amide bonds. The molecule has 1 aromatic carbocycles. The molecule has 2 N–H and O–H groups in total. The highest BCUT2D eigenvalue weighted by Gasteiger charge is 2.01. The van der Waals surface area contributed by atoms with E-state index in [0.717, 1.165) is 32.1 Å². The van der Waals surface area contributed by atoms with E-state index in [4.69, 9.17) is 5.11 Å². The van der Waals surface area contributed by atoms with E-state index < -0.39 is 5.97 Å². The van der Waals surface area contributed by atoms with Gasteiger partial charge in [0.1, 0.15) is 0 Å². The van der Waals surface area contributed by atoms with Crippen LogP contribution in [-0.2, 0) is 4.79 Å². The molecule has 3 heteroatoms. The van der Waals surface area contributed by atoms with Crippen molar-refractivity contribution in [2.75, 3.05) is 0 Å². The van der Waals surface area contributed by atoms with Gasteiger partial charge in [-0.2, -0.15) is 0 Å². The van der Waals surface area contributed by atoms with Crippen LogP contribution >= 0.6 is 0 Å². The molecule has 1 atom stereocenters. The second-order valence-electron chi connectivity index (χ2n) is 7.88. The number of rotatable bonds is 17. The van der Waals surface area contributed by atoms with Gasteiger partial charge in [0.2, 0.25) is 0 Å². The summed E-state index contributed by atoms with van der Waals surface area (Å²) >= 11 is 0. The van der Waals surface area contributed by atoms with Crippen LogP contribution in [0.4, 0.5) is 0 Å². The molecule has 1 unspecified atom stereocenters. The number of carboxylic acids is 1. The Morgan fingerprint density at radius 2 is 1.34 bits per heavy atom. The standard InChI is InChI=1S/C18H36O3.C8H8/c1-2-14-17(19)15-12-10-8-6-4-3-5-7-9-11-13-16-18(20)21;1-2-8-6-4-3-5-7-8/h17,19H,2-16H2,1H3,(H,20,21);2-7H,1H2. The Bertz CT molecular complexity index is 484. The highest BCUT2D eigenvalue weighted by Crippen LogP contribution is 2.13. The highest BCUT2D eigenvalue weighted by atomic mass is 16.4. The molecule has 0 saturated carbocycles. The van der Waals surface area contributed by atoms with Crippen molar-refractivity contribution in [1.29, 1.82) is 0 Å². The fourth-order valence-electron chi connectivity index (χ4n) is 3.31. The van der Waals surface area contributed by atoms with Crippen LogP contribution in [0.1, 0.15) is 109 Å². The van der Waals surface area contributed by atoms with Gasteiger partial charge in [0.05, 0.1) is 6.10 Å². The van der Waals surface area contributed by atoms with Gasteiger partial charge < -0.3 is 10.2 Å². The van der Waals surface area contributed by atoms with Crippen molar-refractivity contribution < 1.29 is 15.0 Å². The van der Waals surface area contributed by atoms with Gasteiger partial charge in [0, 0.05) is 6.42 Å². The second-order valence-corrected chi connectivity index (χ2v) is 7.88. The molecule has 0 aliphatic heterocycles. The van der Waals surface area contributed by atoms with Crippen LogP contribution in [0, 0.1) is 0 Å². The van der Waals surface area contributed by atoms with Crippen molar-refractivity contribution >= 4 is 12.0 Å². The molecule has 0 aromatic heterocycles. The Hall–Kier alpha value is -1.61. The summed E-state index contributed by atoms with van der Waals surface area (Å²) in [4.78, 5) is 10.3. The molecule has 3 nitrogen and oxygen atoms in total. The number of carboxylic acid groups (broad SMARTS) is 1. The molecule has 0 spiro atoms. The normalized spacial score (nSPS) is 11.4. The molecule has 0 aliphatic carbocycles. The van der Waals surface area contributed by atoms with Crippen LogP contribution in [-0.4, -0.2) is 22.3 Å². The summed E-state index contributed by atoms with van der Waals surface area (Å²) in [5.74, 6) is -0.669. The molecule has 0 radical (unpaired) electrons. The van der Waals surface area contributed by atoms with E-state index in [1.807, 2.05) is 36.4 Å². The molecule has 0 saturated heterocycles. The number of carbonyl (C=O) groups is 1. The Kier molecular flexibility index (Phi) is 19.9. The molecule has 166 valence electrons. The number of hydrogen-bond donors (Lipinski definition) is 2. The number of unbranched alkanes of at least 4 members (excludes halogenated alkanes) is 10. The lowest BCUT2D eigenvalue weighted by atomic mass is 10.0. The lowest BCUT2D eigenvalue weighted by Crippen LogP contribution is -2.04. The van der Waals surface area contributed by atoms with E-state index in [9.17, 15) is 9.90 Å². The van der Waals surface area contributed by atoms with Crippen LogP contribution in [0.5, 0.6) is 0 Å². The largest absolute Gasteiger partial charge is 0.481 e. The van der Waals surface area contributed by atoms with Crippen molar-refractivity contribution in [2.45, 2.75) is 109 Å². The number of aliphatic hydroxyl groups is 1. The van der Waals surface area contributed by atoms with Crippen molar-refractivity contribution in [3.8, 4) is 0 Å². The molecule has 0 bridgehead atoms. The van der Waals surface area contributed by atoms with Gasteiger partial charge in [0.25, 0.3) is 0 Å². The van der Waals surface area contributed by atoms with Gasteiger partial charge in [-0.15, -0.1) is 0 Å². The van der Waals surface area contributed by atoms with Gasteiger partial charge >= 0.3 is 5.97 Å². The molecule has 1 rings (SSSR count). The SMILES string of the molecule is C=Cc1ccccc1.CCCC(O)CCCCCCCCCCCCCC(=O)O. The van der Waals surface area contributed by atoms with E-state index in [-0.39, 0.29) is 6.10 Å². The lowest BCUT2D eigenvalue weighted by Gasteiger charge is -2.08. The van der Waals surface area contributed by atoms with Gasteiger partial charge in [0.15, 0.2) is 0 Å². The molecular weight excluding hydrogens is 360 g/mol. The average molecular weight is 405 g/mol. The molecule has 0 aliphatic rings. The smallest absolute Gasteiger partial charge is 0.303 e.